The fourth-order valence-corrected chi connectivity index (χ4v) is 3.53. The molecular weight excluding hydrogens is 372 g/mol. The maximum Gasteiger partial charge on any atom is 0.329 e. The first-order valence-corrected chi connectivity index (χ1v) is 9.59. The molecule has 150 valence electrons. The molecule has 0 radical (unpaired) electrons. The van der Waals surface area contributed by atoms with Crippen LogP contribution in [0.2, 0.25) is 0 Å². The molecule has 0 atom stereocenters. The second-order valence-corrected chi connectivity index (χ2v) is 7.66. The normalized spacial score (nSPS) is 16.8. The van der Waals surface area contributed by atoms with Crippen LogP contribution in [-0.4, -0.2) is 39.1 Å². The lowest BCUT2D eigenvalue weighted by molar-refractivity contribution is -0.129. The standard InChI is InChI=1S/C21H22N4O4/c1-13(26)11-15-12-16(5-9-22-15)29-17-3-4-18(23-14(17)2)24-20(28)25-10-8-21(6-7-21)19(25)27/h3-5,9,12H,6-8,10-11H2,1-2H3,(H,23,24,28). The number of hydrogen-bond donors (Lipinski definition) is 1. The van der Waals surface area contributed by atoms with Gasteiger partial charge in [-0.2, -0.15) is 0 Å². The Hall–Kier alpha value is -3.29. The van der Waals surface area contributed by atoms with Gasteiger partial charge in [0.05, 0.1) is 16.8 Å². The zero-order valence-corrected chi connectivity index (χ0v) is 16.4. The molecule has 8 heteroatoms. The van der Waals surface area contributed by atoms with Crippen LogP contribution in [0.15, 0.2) is 30.5 Å². The topological polar surface area (TPSA) is 101 Å². The van der Waals surface area contributed by atoms with Crippen molar-refractivity contribution in [1.82, 2.24) is 14.9 Å². The quantitative estimate of drug-likeness (QED) is 0.835. The van der Waals surface area contributed by atoms with E-state index in [1.54, 1.807) is 37.4 Å². The van der Waals surface area contributed by atoms with Crippen LogP contribution in [0.5, 0.6) is 11.5 Å². The SMILES string of the molecule is CC(=O)Cc1cc(Oc2ccc(NC(=O)N3CCC4(CC4)C3=O)nc2C)ccn1. The van der Waals surface area contributed by atoms with Crippen molar-refractivity contribution >= 4 is 23.5 Å². The third-order valence-electron chi connectivity index (χ3n) is 5.33. The molecule has 4 rings (SSSR count). The number of carbonyl (C=O) groups is 3. The number of imide groups is 1. The number of pyridine rings is 2. The Balaban J connectivity index is 1.42. The van der Waals surface area contributed by atoms with E-state index in [1.807, 2.05) is 0 Å². The van der Waals surface area contributed by atoms with Gasteiger partial charge in [-0.3, -0.25) is 24.8 Å². The molecule has 1 N–H and O–H groups in total. The zero-order chi connectivity index (χ0) is 20.6. The number of anilines is 1. The van der Waals surface area contributed by atoms with Crippen LogP contribution in [0.3, 0.4) is 0 Å². The van der Waals surface area contributed by atoms with Crippen molar-refractivity contribution in [3.05, 3.63) is 41.9 Å². The summed E-state index contributed by atoms with van der Waals surface area (Å²) in [6.45, 7) is 3.73. The number of ether oxygens (including phenoxy) is 1. The minimum atomic E-state index is -0.442. The number of Topliss-reactive ketones (excluding diaryl/α,β-unsaturated/α-hetero) is 1. The van der Waals surface area contributed by atoms with Gasteiger partial charge in [0.15, 0.2) is 0 Å². The van der Waals surface area contributed by atoms with E-state index >= 15 is 0 Å². The molecule has 0 aromatic carbocycles. The number of ketones is 1. The third kappa shape index (κ3) is 3.96. The Morgan fingerprint density at radius 3 is 2.69 bits per heavy atom. The molecular formula is C21H22N4O4. The lowest BCUT2D eigenvalue weighted by atomic mass is 10.1. The number of urea groups is 1. The number of carbonyl (C=O) groups excluding carboxylic acids is 3. The van der Waals surface area contributed by atoms with Gasteiger partial charge in [0.2, 0.25) is 5.91 Å². The van der Waals surface area contributed by atoms with Crippen LogP contribution in [0, 0.1) is 12.3 Å². The molecule has 0 bridgehead atoms. The van der Waals surface area contributed by atoms with E-state index in [9.17, 15) is 14.4 Å². The number of aromatic nitrogens is 2. The number of nitrogens with one attached hydrogen (secondary N) is 1. The smallest absolute Gasteiger partial charge is 0.329 e. The van der Waals surface area contributed by atoms with Crippen molar-refractivity contribution in [3.63, 3.8) is 0 Å². The number of rotatable bonds is 5. The number of amides is 3. The van der Waals surface area contributed by atoms with E-state index in [2.05, 4.69) is 15.3 Å². The van der Waals surface area contributed by atoms with E-state index in [4.69, 9.17) is 4.74 Å². The fourth-order valence-electron chi connectivity index (χ4n) is 3.53. The van der Waals surface area contributed by atoms with E-state index < -0.39 is 6.03 Å². The molecule has 1 saturated heterocycles. The molecule has 2 fully saturated rings. The maximum atomic E-state index is 12.4. The molecule has 1 spiro atoms. The van der Waals surface area contributed by atoms with Gasteiger partial charge >= 0.3 is 6.03 Å². The van der Waals surface area contributed by atoms with Crippen molar-refractivity contribution < 1.29 is 19.1 Å². The van der Waals surface area contributed by atoms with E-state index in [0.29, 0.717) is 35.2 Å². The Kier molecular flexibility index (Phi) is 4.77. The van der Waals surface area contributed by atoms with E-state index in [-0.39, 0.29) is 23.5 Å². The van der Waals surface area contributed by atoms with E-state index in [1.165, 1.54) is 11.8 Å². The molecule has 3 heterocycles. The van der Waals surface area contributed by atoms with Gasteiger partial charge in [0.25, 0.3) is 0 Å². The number of aryl methyl sites for hydroxylation is 1. The highest BCUT2D eigenvalue weighted by molar-refractivity contribution is 6.05. The second-order valence-electron chi connectivity index (χ2n) is 7.66. The molecule has 2 aromatic rings. The van der Waals surface area contributed by atoms with Gasteiger partial charge in [0.1, 0.15) is 23.1 Å². The molecule has 2 aliphatic rings. The molecule has 0 unspecified atom stereocenters. The molecule has 29 heavy (non-hydrogen) atoms. The van der Waals surface area contributed by atoms with Crippen molar-refractivity contribution in [2.75, 3.05) is 11.9 Å². The van der Waals surface area contributed by atoms with Gasteiger partial charge in [-0.05, 0) is 51.3 Å². The Morgan fingerprint density at radius 2 is 2.03 bits per heavy atom. The van der Waals surface area contributed by atoms with Crippen LogP contribution in [0.25, 0.3) is 0 Å². The lowest BCUT2D eigenvalue weighted by Gasteiger charge is -2.16. The summed E-state index contributed by atoms with van der Waals surface area (Å²) >= 11 is 0. The summed E-state index contributed by atoms with van der Waals surface area (Å²) in [7, 11) is 0. The zero-order valence-electron chi connectivity index (χ0n) is 16.4. The summed E-state index contributed by atoms with van der Waals surface area (Å²) in [5.74, 6) is 1.38. The summed E-state index contributed by atoms with van der Waals surface area (Å²) in [6.07, 6.45) is 4.33. The van der Waals surface area contributed by atoms with Crippen molar-refractivity contribution in [2.45, 2.75) is 39.5 Å². The average molecular weight is 394 g/mol. The van der Waals surface area contributed by atoms with Crippen molar-refractivity contribution in [3.8, 4) is 11.5 Å². The summed E-state index contributed by atoms with van der Waals surface area (Å²) in [5, 5.41) is 2.69. The molecule has 1 saturated carbocycles. The number of hydrogen-bond acceptors (Lipinski definition) is 6. The summed E-state index contributed by atoms with van der Waals surface area (Å²) in [5.41, 5.74) is 0.941. The number of nitrogens with zero attached hydrogens (tertiary/aromatic N) is 3. The minimum Gasteiger partial charge on any atom is -0.455 e. The van der Waals surface area contributed by atoms with Gasteiger partial charge in [-0.25, -0.2) is 9.78 Å². The summed E-state index contributed by atoms with van der Waals surface area (Å²) in [4.78, 5) is 45.8. The van der Waals surface area contributed by atoms with Crippen molar-refractivity contribution in [2.24, 2.45) is 5.41 Å². The Labute approximate surface area is 168 Å². The molecule has 2 aromatic heterocycles. The highest BCUT2D eigenvalue weighted by Crippen LogP contribution is 2.53. The molecule has 3 amide bonds. The fraction of sp³-hybridized carbons (Fsp3) is 0.381. The van der Waals surface area contributed by atoms with Crippen LogP contribution in [-0.2, 0) is 16.0 Å². The molecule has 1 aliphatic heterocycles. The predicted molar refractivity (Wildman–Crippen MR) is 105 cm³/mol. The van der Waals surface area contributed by atoms with E-state index in [0.717, 1.165) is 19.3 Å². The second kappa shape index (κ2) is 7.27. The largest absolute Gasteiger partial charge is 0.455 e. The van der Waals surface area contributed by atoms with Crippen LogP contribution >= 0.6 is 0 Å². The first-order valence-electron chi connectivity index (χ1n) is 9.59. The predicted octanol–water partition coefficient (Wildman–Crippen LogP) is 3.25. The average Bonchev–Trinajstić information content (AvgIpc) is 3.37. The van der Waals surface area contributed by atoms with Gasteiger partial charge < -0.3 is 4.74 Å². The first kappa shape index (κ1) is 19.0. The highest BCUT2D eigenvalue weighted by atomic mass is 16.5. The summed E-state index contributed by atoms with van der Waals surface area (Å²) < 4.78 is 5.85. The van der Waals surface area contributed by atoms with Crippen LogP contribution < -0.4 is 10.1 Å². The maximum absolute atomic E-state index is 12.4. The number of likely N-dealkylation sites (tertiary alicyclic amines) is 1. The Morgan fingerprint density at radius 1 is 1.24 bits per heavy atom. The monoisotopic (exact) mass is 394 g/mol. The van der Waals surface area contributed by atoms with Crippen LogP contribution in [0.1, 0.15) is 37.6 Å². The molecule has 8 nitrogen and oxygen atoms in total. The van der Waals surface area contributed by atoms with Gasteiger partial charge in [-0.1, -0.05) is 0 Å². The third-order valence-corrected chi connectivity index (χ3v) is 5.33. The highest BCUT2D eigenvalue weighted by Gasteiger charge is 2.56. The molecule has 1 aliphatic carbocycles. The van der Waals surface area contributed by atoms with Crippen molar-refractivity contribution in [1.29, 1.82) is 0 Å². The van der Waals surface area contributed by atoms with Gasteiger partial charge in [0, 0.05) is 25.2 Å². The van der Waals surface area contributed by atoms with Gasteiger partial charge in [-0.15, -0.1) is 0 Å². The lowest BCUT2D eigenvalue weighted by Crippen LogP contribution is -2.37. The first-order chi connectivity index (χ1) is 13.9. The summed E-state index contributed by atoms with van der Waals surface area (Å²) in [6, 6.07) is 6.30. The minimum absolute atomic E-state index is 0.0247. The van der Waals surface area contributed by atoms with Crippen LogP contribution in [0.4, 0.5) is 10.6 Å². The Bertz CT molecular complexity index is 1000.